The van der Waals surface area contributed by atoms with Crippen molar-refractivity contribution in [2.75, 3.05) is 20.3 Å². The van der Waals surface area contributed by atoms with Gasteiger partial charge in [-0.15, -0.1) is 0 Å². The van der Waals surface area contributed by atoms with Gasteiger partial charge in [0.15, 0.2) is 11.5 Å². The standard InChI is InChI=1S/C26H28N4O3/c1-16(2)19-9-17(13-27)10-20(11-19)18-5-6-22-21(12-18)26(23(31)30(3)24(28)29-26)14-25(33-22)7-4-8-32-15-25/h5-6,9-12,16H,4,7-8,14-15H2,1-3H3,(H2,28,29). The van der Waals surface area contributed by atoms with Crippen molar-refractivity contribution in [2.24, 2.45) is 10.7 Å². The molecule has 1 saturated heterocycles. The van der Waals surface area contributed by atoms with Crippen LogP contribution in [0.3, 0.4) is 0 Å². The highest BCUT2D eigenvalue weighted by Gasteiger charge is 2.58. The predicted molar refractivity (Wildman–Crippen MR) is 125 cm³/mol. The molecule has 0 aromatic heterocycles. The highest BCUT2D eigenvalue weighted by molar-refractivity contribution is 6.07. The Bertz CT molecular complexity index is 1210. The van der Waals surface area contributed by atoms with E-state index in [1.807, 2.05) is 30.3 Å². The number of guanidine groups is 1. The number of aliphatic imine (C=N–C) groups is 1. The van der Waals surface area contributed by atoms with E-state index in [2.05, 4.69) is 26.0 Å². The molecule has 0 radical (unpaired) electrons. The zero-order chi connectivity index (χ0) is 23.4. The maximum Gasteiger partial charge on any atom is 0.261 e. The number of nitrogens with zero attached hydrogens (tertiary/aromatic N) is 3. The number of hydrogen-bond acceptors (Lipinski definition) is 6. The van der Waals surface area contributed by atoms with Gasteiger partial charge in [0.2, 0.25) is 0 Å². The summed E-state index contributed by atoms with van der Waals surface area (Å²) in [6, 6.07) is 14.0. The Balaban J connectivity index is 1.68. The molecule has 7 heteroatoms. The summed E-state index contributed by atoms with van der Waals surface area (Å²) in [5.41, 5.74) is 8.62. The van der Waals surface area contributed by atoms with Gasteiger partial charge in [-0.2, -0.15) is 5.26 Å². The number of amides is 1. The number of benzene rings is 2. The van der Waals surface area contributed by atoms with Crippen molar-refractivity contribution in [1.29, 1.82) is 5.26 Å². The first kappa shape index (κ1) is 21.5. The number of nitrogens with two attached hydrogens (primary N) is 1. The molecular formula is C26H28N4O3. The van der Waals surface area contributed by atoms with E-state index in [1.54, 1.807) is 7.05 Å². The summed E-state index contributed by atoms with van der Waals surface area (Å²) < 4.78 is 12.3. The Hall–Kier alpha value is -3.37. The summed E-state index contributed by atoms with van der Waals surface area (Å²) in [7, 11) is 1.66. The maximum absolute atomic E-state index is 13.6. The Labute approximate surface area is 193 Å². The van der Waals surface area contributed by atoms with Crippen molar-refractivity contribution in [3.05, 3.63) is 53.1 Å². The van der Waals surface area contributed by atoms with Crippen LogP contribution >= 0.6 is 0 Å². The molecule has 170 valence electrons. The monoisotopic (exact) mass is 444 g/mol. The molecule has 2 aromatic carbocycles. The van der Waals surface area contributed by atoms with Gasteiger partial charge in [-0.25, -0.2) is 4.99 Å². The quantitative estimate of drug-likeness (QED) is 0.762. The Morgan fingerprint density at radius 2 is 2.03 bits per heavy atom. The van der Waals surface area contributed by atoms with E-state index in [1.165, 1.54) is 4.90 Å². The molecule has 0 saturated carbocycles. The minimum Gasteiger partial charge on any atom is -0.484 e. The third-order valence-electron chi connectivity index (χ3n) is 7.01. The minimum absolute atomic E-state index is 0.153. The molecule has 3 aliphatic rings. The molecule has 33 heavy (non-hydrogen) atoms. The smallest absolute Gasteiger partial charge is 0.261 e. The lowest BCUT2D eigenvalue weighted by molar-refractivity contribution is -0.139. The lowest BCUT2D eigenvalue weighted by Gasteiger charge is -2.46. The zero-order valence-corrected chi connectivity index (χ0v) is 19.2. The van der Waals surface area contributed by atoms with E-state index in [9.17, 15) is 10.1 Å². The molecule has 2 spiro atoms. The zero-order valence-electron chi connectivity index (χ0n) is 19.2. The maximum atomic E-state index is 13.6. The summed E-state index contributed by atoms with van der Waals surface area (Å²) in [6.07, 6.45) is 2.05. The summed E-state index contributed by atoms with van der Waals surface area (Å²) in [5, 5.41) is 9.54. The van der Waals surface area contributed by atoms with E-state index in [0.717, 1.165) is 29.5 Å². The van der Waals surface area contributed by atoms with Crippen LogP contribution in [0.25, 0.3) is 11.1 Å². The molecular weight excluding hydrogens is 416 g/mol. The number of likely N-dealkylation sites (N-methyl/N-ethyl adjacent to an activating group) is 1. The lowest BCUT2D eigenvalue weighted by atomic mass is 9.73. The minimum atomic E-state index is -1.14. The van der Waals surface area contributed by atoms with Gasteiger partial charge in [0, 0.05) is 25.6 Å². The molecule has 2 N–H and O–H groups in total. The highest BCUT2D eigenvalue weighted by Crippen LogP contribution is 2.51. The van der Waals surface area contributed by atoms with Crippen molar-refractivity contribution in [3.8, 4) is 22.9 Å². The lowest BCUT2D eigenvalue weighted by Crippen LogP contribution is -2.55. The number of carbonyl (C=O) groups excluding carboxylic acids is 1. The normalized spacial score (nSPS) is 26.3. The SMILES string of the molecule is CC(C)c1cc(C#N)cc(-c2ccc3c(c2)C2(CC4(CCCOC4)O3)N=C(N)N(C)C2=O)c1. The number of nitriles is 1. The molecule has 1 amide bonds. The number of rotatable bonds is 2. The Morgan fingerprint density at radius 1 is 1.21 bits per heavy atom. The molecule has 2 atom stereocenters. The summed E-state index contributed by atoms with van der Waals surface area (Å²) >= 11 is 0. The molecule has 2 aromatic rings. The van der Waals surface area contributed by atoms with Crippen LogP contribution < -0.4 is 10.5 Å². The van der Waals surface area contributed by atoms with E-state index in [-0.39, 0.29) is 17.8 Å². The number of carbonyl (C=O) groups is 1. The first-order chi connectivity index (χ1) is 15.8. The van der Waals surface area contributed by atoms with Crippen molar-refractivity contribution in [1.82, 2.24) is 4.90 Å². The fraction of sp³-hybridized carbons (Fsp3) is 0.423. The summed E-state index contributed by atoms with van der Waals surface area (Å²) in [6.45, 7) is 5.32. The average Bonchev–Trinajstić information content (AvgIpc) is 3.02. The topological polar surface area (TPSA) is 101 Å². The van der Waals surface area contributed by atoms with Crippen molar-refractivity contribution < 1.29 is 14.3 Å². The van der Waals surface area contributed by atoms with E-state index in [4.69, 9.17) is 20.2 Å². The van der Waals surface area contributed by atoms with Gasteiger partial charge in [-0.3, -0.25) is 9.69 Å². The van der Waals surface area contributed by atoms with E-state index < -0.39 is 11.1 Å². The largest absolute Gasteiger partial charge is 0.484 e. The fourth-order valence-electron chi connectivity index (χ4n) is 5.21. The second kappa shape index (κ2) is 7.60. The second-order valence-corrected chi connectivity index (χ2v) is 9.63. The molecule has 0 bridgehead atoms. The number of hydrogen-bond donors (Lipinski definition) is 1. The Kier molecular flexibility index (Phi) is 4.95. The second-order valence-electron chi connectivity index (χ2n) is 9.63. The van der Waals surface area contributed by atoms with Crippen molar-refractivity contribution >= 4 is 11.9 Å². The molecule has 3 aliphatic heterocycles. The van der Waals surface area contributed by atoms with Crippen LogP contribution in [0.5, 0.6) is 5.75 Å². The van der Waals surface area contributed by atoms with Gasteiger partial charge in [0.25, 0.3) is 5.91 Å². The van der Waals surface area contributed by atoms with Gasteiger partial charge in [0.05, 0.1) is 18.2 Å². The van der Waals surface area contributed by atoms with Crippen LogP contribution in [0, 0.1) is 11.3 Å². The van der Waals surface area contributed by atoms with Crippen LogP contribution in [0.1, 0.15) is 55.7 Å². The summed E-state index contributed by atoms with van der Waals surface area (Å²) in [5.74, 6) is 0.972. The molecule has 2 unspecified atom stereocenters. The molecule has 7 nitrogen and oxygen atoms in total. The third-order valence-corrected chi connectivity index (χ3v) is 7.01. The molecule has 1 fully saturated rings. The van der Waals surface area contributed by atoms with Gasteiger partial charge < -0.3 is 15.2 Å². The van der Waals surface area contributed by atoms with Gasteiger partial charge in [-0.1, -0.05) is 26.0 Å². The van der Waals surface area contributed by atoms with Crippen LogP contribution in [0.4, 0.5) is 0 Å². The third kappa shape index (κ3) is 3.37. The predicted octanol–water partition coefficient (Wildman–Crippen LogP) is 3.66. The van der Waals surface area contributed by atoms with E-state index in [0.29, 0.717) is 36.5 Å². The summed E-state index contributed by atoms with van der Waals surface area (Å²) in [4.78, 5) is 19.7. The molecule has 5 rings (SSSR count). The van der Waals surface area contributed by atoms with Crippen molar-refractivity contribution in [3.63, 3.8) is 0 Å². The van der Waals surface area contributed by atoms with Crippen LogP contribution in [-0.4, -0.2) is 42.6 Å². The Morgan fingerprint density at radius 3 is 2.67 bits per heavy atom. The van der Waals surface area contributed by atoms with Gasteiger partial charge >= 0.3 is 0 Å². The first-order valence-electron chi connectivity index (χ1n) is 11.4. The van der Waals surface area contributed by atoms with Crippen LogP contribution in [0.2, 0.25) is 0 Å². The first-order valence-corrected chi connectivity index (χ1v) is 11.4. The fourth-order valence-corrected chi connectivity index (χ4v) is 5.21. The van der Waals surface area contributed by atoms with Gasteiger partial charge in [-0.05, 0) is 59.7 Å². The van der Waals surface area contributed by atoms with Crippen LogP contribution in [0.15, 0.2) is 41.4 Å². The molecule has 0 aliphatic carbocycles. The highest BCUT2D eigenvalue weighted by atomic mass is 16.5. The number of ether oxygens (including phenoxy) is 2. The molecule has 3 heterocycles. The van der Waals surface area contributed by atoms with Crippen molar-refractivity contribution in [2.45, 2.75) is 50.2 Å². The number of fused-ring (bicyclic) bond motifs is 2. The average molecular weight is 445 g/mol. The van der Waals surface area contributed by atoms with Gasteiger partial charge in [0.1, 0.15) is 11.4 Å². The van der Waals surface area contributed by atoms with Crippen LogP contribution in [-0.2, 0) is 15.1 Å². The van der Waals surface area contributed by atoms with E-state index >= 15 is 0 Å².